The van der Waals surface area contributed by atoms with E-state index in [9.17, 15) is 34.8 Å². The molecule has 0 aliphatic heterocycles. The molecule has 11 nitrogen and oxygen atoms in total. The van der Waals surface area contributed by atoms with Crippen molar-refractivity contribution in [2.24, 2.45) is 0 Å². The normalized spacial score (nSPS) is 11.9. The summed E-state index contributed by atoms with van der Waals surface area (Å²) in [5.74, 6) is -3.69. The Kier molecular flexibility index (Phi) is 12.7. The fourth-order valence-electron chi connectivity index (χ4n) is 4.23. The van der Waals surface area contributed by atoms with Gasteiger partial charge in [-0.1, -0.05) is 31.0 Å². The standard InChI is InChI=1S/C17H12ClNO6.C13H21NO3.Na/c1-2-3-7-14-8(10(18)5-11(19-14)16(21)22)4-9-12(20)6-13(17(23)24)25-15(7)9;1-13(2,3)14-7-12(17)9-4-5-11(16)10(6-9)8-15;/h4-6H,2-3H2,1H3,(H,21,22)(H,23,24);4-6,12,14-17H,7-8H2,1-3H3;/q;;+1/p-1. The van der Waals surface area contributed by atoms with Crippen molar-refractivity contribution in [2.75, 3.05) is 6.54 Å². The Morgan fingerprint density at radius 1 is 1.09 bits per heavy atom. The minimum atomic E-state index is -1.63. The summed E-state index contributed by atoms with van der Waals surface area (Å²) in [6.07, 6.45) is 0.384. The molecule has 0 saturated heterocycles. The number of hydrogen-bond acceptors (Lipinski definition) is 10. The third-order valence-electron chi connectivity index (χ3n) is 6.36. The minimum Gasteiger partial charge on any atom is -0.543 e. The third-order valence-corrected chi connectivity index (χ3v) is 6.68. The van der Waals surface area contributed by atoms with Crippen LogP contribution in [-0.2, 0) is 13.0 Å². The van der Waals surface area contributed by atoms with Crippen molar-refractivity contribution in [3.63, 3.8) is 0 Å². The van der Waals surface area contributed by atoms with E-state index in [1.165, 1.54) is 12.1 Å². The van der Waals surface area contributed by atoms with E-state index in [0.29, 0.717) is 41.5 Å². The van der Waals surface area contributed by atoms with Crippen molar-refractivity contribution in [3.05, 3.63) is 79.8 Å². The Labute approximate surface area is 274 Å². The Hall–Kier alpha value is -3.03. The average Bonchev–Trinajstić information content (AvgIpc) is 2.92. The van der Waals surface area contributed by atoms with Gasteiger partial charge in [-0.2, -0.15) is 0 Å². The predicted octanol–water partition coefficient (Wildman–Crippen LogP) is -2.04. The number of halogens is 1. The summed E-state index contributed by atoms with van der Waals surface area (Å²) < 4.78 is 5.33. The fourth-order valence-corrected chi connectivity index (χ4v) is 4.48. The van der Waals surface area contributed by atoms with Gasteiger partial charge in [0.2, 0.25) is 0 Å². The molecule has 5 N–H and O–H groups in total. The maximum absolute atomic E-state index is 12.3. The van der Waals surface area contributed by atoms with Crippen molar-refractivity contribution in [3.8, 4) is 5.75 Å². The van der Waals surface area contributed by atoms with Crippen LogP contribution in [0.15, 0.2) is 45.6 Å². The SMILES string of the molecule is CC(C)(C)[NH2+]CC(O)c1ccc(O)c(CO)c1.CCCc1c2nc(C(=O)[O-])cc(Cl)c2cc2c(=O)cc(C(=O)[O-])oc12.[Na+]. The van der Waals surface area contributed by atoms with E-state index in [1.807, 2.05) is 6.92 Å². The Bertz CT molecular complexity index is 1700. The van der Waals surface area contributed by atoms with Crippen molar-refractivity contribution in [2.45, 2.75) is 58.8 Å². The first-order chi connectivity index (χ1) is 19.7. The number of benzene rings is 2. The van der Waals surface area contributed by atoms with Gasteiger partial charge >= 0.3 is 29.6 Å². The van der Waals surface area contributed by atoms with Gasteiger partial charge in [-0.05, 0) is 57.0 Å². The quantitative estimate of drug-likeness (QED) is 0.125. The molecule has 4 rings (SSSR count). The van der Waals surface area contributed by atoms with Gasteiger partial charge in [-0.15, -0.1) is 0 Å². The molecule has 0 spiro atoms. The van der Waals surface area contributed by atoms with E-state index in [2.05, 4.69) is 31.1 Å². The maximum Gasteiger partial charge on any atom is 1.00 e. The van der Waals surface area contributed by atoms with Crippen LogP contribution >= 0.6 is 11.6 Å². The number of quaternary nitrogens is 1. The summed E-state index contributed by atoms with van der Waals surface area (Å²) in [5, 5.41) is 53.3. The number of aromatic carboxylic acids is 2. The number of pyridine rings is 1. The Morgan fingerprint density at radius 2 is 1.77 bits per heavy atom. The van der Waals surface area contributed by atoms with Gasteiger partial charge in [-0.25, -0.2) is 4.98 Å². The molecule has 0 radical (unpaired) electrons. The molecular formula is C30H32ClN2NaO9. The van der Waals surface area contributed by atoms with Crippen LogP contribution < -0.4 is 50.5 Å². The van der Waals surface area contributed by atoms with Gasteiger partial charge in [0, 0.05) is 22.6 Å². The number of fused-ring (bicyclic) bond motifs is 2. The van der Waals surface area contributed by atoms with Crippen molar-refractivity contribution >= 4 is 45.4 Å². The van der Waals surface area contributed by atoms with Crippen LogP contribution in [0.4, 0.5) is 0 Å². The minimum absolute atomic E-state index is 0. The molecule has 2 aromatic heterocycles. The van der Waals surface area contributed by atoms with Crippen molar-refractivity contribution in [1.29, 1.82) is 0 Å². The van der Waals surface area contributed by atoms with E-state index < -0.39 is 29.2 Å². The largest absolute Gasteiger partial charge is 1.00 e. The van der Waals surface area contributed by atoms with Crippen LogP contribution in [0.25, 0.3) is 21.9 Å². The first-order valence-electron chi connectivity index (χ1n) is 13.1. The van der Waals surface area contributed by atoms with Gasteiger partial charge in [0.1, 0.15) is 30.0 Å². The van der Waals surface area contributed by atoms with Crippen molar-refractivity contribution in [1.82, 2.24) is 4.98 Å². The van der Waals surface area contributed by atoms with Gasteiger partial charge < -0.3 is 44.9 Å². The summed E-state index contributed by atoms with van der Waals surface area (Å²) in [6, 6.07) is 8.19. The van der Waals surface area contributed by atoms with Crippen LogP contribution in [0.3, 0.4) is 0 Å². The van der Waals surface area contributed by atoms with E-state index >= 15 is 0 Å². The molecule has 1 atom stereocenters. The zero-order chi connectivity index (χ0) is 31.4. The van der Waals surface area contributed by atoms with Crippen LogP contribution in [0.5, 0.6) is 5.75 Å². The van der Waals surface area contributed by atoms with E-state index in [0.717, 1.165) is 12.1 Å². The molecule has 13 heteroatoms. The van der Waals surface area contributed by atoms with Gasteiger partial charge in [0.25, 0.3) is 0 Å². The molecule has 0 fully saturated rings. The molecule has 0 saturated carbocycles. The zero-order valence-electron chi connectivity index (χ0n) is 24.6. The monoisotopic (exact) mass is 622 g/mol. The zero-order valence-corrected chi connectivity index (χ0v) is 27.3. The van der Waals surface area contributed by atoms with Gasteiger partial charge in [0.15, 0.2) is 11.2 Å². The summed E-state index contributed by atoms with van der Waals surface area (Å²) in [7, 11) is 0. The van der Waals surface area contributed by atoms with Crippen LogP contribution in [-0.4, -0.2) is 44.3 Å². The summed E-state index contributed by atoms with van der Waals surface area (Å²) in [5.41, 5.74) is 0.939. The smallest absolute Gasteiger partial charge is 0.543 e. The van der Waals surface area contributed by atoms with Crippen LogP contribution in [0.2, 0.25) is 5.02 Å². The molecule has 0 aliphatic carbocycles. The second-order valence-corrected chi connectivity index (χ2v) is 11.2. The number of carboxylic acids is 2. The topological polar surface area (TPSA) is 201 Å². The number of carboxylic acid groups (broad SMARTS) is 2. The number of nitrogens with two attached hydrogens (primary N) is 1. The number of hydrogen-bond donors (Lipinski definition) is 4. The number of carbonyl (C=O) groups is 2. The van der Waals surface area contributed by atoms with E-state index in [1.54, 1.807) is 12.1 Å². The Balaban J connectivity index is 0.000000316. The number of rotatable bonds is 8. The number of phenols is 1. The molecule has 2 aromatic carbocycles. The molecular weight excluding hydrogens is 591 g/mol. The number of aliphatic hydroxyl groups is 2. The molecule has 0 aliphatic rings. The van der Waals surface area contributed by atoms with Crippen LogP contribution in [0, 0.1) is 0 Å². The molecule has 1 unspecified atom stereocenters. The predicted molar refractivity (Wildman–Crippen MR) is 151 cm³/mol. The summed E-state index contributed by atoms with van der Waals surface area (Å²) in [6.45, 7) is 8.42. The van der Waals surface area contributed by atoms with E-state index in [4.69, 9.17) is 21.1 Å². The molecule has 4 aromatic rings. The van der Waals surface area contributed by atoms with Gasteiger partial charge in [0.05, 0.1) is 39.7 Å². The molecule has 0 bridgehead atoms. The first kappa shape index (κ1) is 36.2. The van der Waals surface area contributed by atoms with Gasteiger partial charge in [-0.3, -0.25) is 4.79 Å². The second kappa shape index (κ2) is 15.1. The van der Waals surface area contributed by atoms with Crippen molar-refractivity contribution < 1.29 is 74.4 Å². The molecule has 224 valence electrons. The third kappa shape index (κ3) is 8.99. The molecule has 43 heavy (non-hydrogen) atoms. The number of aliphatic hydroxyl groups excluding tert-OH is 2. The van der Waals surface area contributed by atoms with E-state index in [-0.39, 0.29) is 74.7 Å². The number of nitrogens with zero attached hydrogens (tertiary/aromatic N) is 1. The second-order valence-electron chi connectivity index (χ2n) is 10.8. The summed E-state index contributed by atoms with van der Waals surface area (Å²) >= 11 is 6.14. The molecule has 0 amide bonds. The maximum atomic E-state index is 12.3. The number of aryl methyl sites for hydroxylation is 1. The summed E-state index contributed by atoms with van der Waals surface area (Å²) in [4.78, 5) is 38.5. The fraction of sp³-hybridized carbons (Fsp3) is 0.333. The average molecular weight is 623 g/mol. The number of aromatic hydroxyl groups is 1. The number of aromatic nitrogens is 1. The Morgan fingerprint density at radius 3 is 2.33 bits per heavy atom. The van der Waals surface area contributed by atoms with Crippen LogP contribution in [0.1, 0.15) is 78.0 Å². The molecule has 2 heterocycles. The first-order valence-corrected chi connectivity index (χ1v) is 13.5. The number of carbonyl (C=O) groups excluding carboxylic acids is 2.